The summed E-state index contributed by atoms with van der Waals surface area (Å²) >= 11 is 0. The molecule has 3 unspecified atom stereocenters. The Morgan fingerprint density at radius 2 is 2.44 bits per heavy atom. The number of nitrogens with one attached hydrogen (secondary N) is 1. The van der Waals surface area contributed by atoms with E-state index in [1.165, 1.54) is 18.4 Å². The van der Waals surface area contributed by atoms with Crippen molar-refractivity contribution in [3.05, 3.63) is 18.0 Å². The second kappa shape index (κ2) is 6.34. The van der Waals surface area contributed by atoms with Crippen LogP contribution in [0.5, 0.6) is 0 Å². The molecule has 1 aromatic heterocycles. The lowest BCUT2D eigenvalue weighted by Gasteiger charge is -2.23. The molecule has 18 heavy (non-hydrogen) atoms. The van der Waals surface area contributed by atoms with Gasteiger partial charge in [-0.25, -0.2) is 0 Å². The zero-order valence-electron chi connectivity index (χ0n) is 11.7. The van der Waals surface area contributed by atoms with Crippen molar-refractivity contribution in [1.82, 2.24) is 15.1 Å². The van der Waals surface area contributed by atoms with Crippen molar-refractivity contribution in [2.75, 3.05) is 13.2 Å². The second-order valence-electron chi connectivity index (χ2n) is 5.36. The molecule has 0 amide bonds. The van der Waals surface area contributed by atoms with Crippen LogP contribution >= 0.6 is 0 Å². The van der Waals surface area contributed by atoms with E-state index >= 15 is 0 Å². The minimum atomic E-state index is 0.426. The molecule has 0 bridgehead atoms. The number of hydrogen-bond acceptors (Lipinski definition) is 3. The number of aromatic nitrogens is 2. The maximum absolute atomic E-state index is 5.69. The first kappa shape index (κ1) is 13.6. The van der Waals surface area contributed by atoms with Crippen LogP contribution in [0.15, 0.2) is 12.4 Å². The fraction of sp³-hybridized carbons (Fsp3) is 0.786. The summed E-state index contributed by atoms with van der Waals surface area (Å²) in [4.78, 5) is 0. The molecule has 1 saturated heterocycles. The van der Waals surface area contributed by atoms with Crippen LogP contribution in [-0.2, 0) is 18.2 Å². The van der Waals surface area contributed by atoms with Crippen LogP contribution in [0.2, 0.25) is 0 Å². The van der Waals surface area contributed by atoms with E-state index in [1.807, 2.05) is 17.9 Å². The summed E-state index contributed by atoms with van der Waals surface area (Å²) in [6.07, 6.45) is 7.95. The van der Waals surface area contributed by atoms with Crippen molar-refractivity contribution < 1.29 is 4.74 Å². The van der Waals surface area contributed by atoms with Gasteiger partial charge in [0.25, 0.3) is 0 Å². The molecule has 4 nitrogen and oxygen atoms in total. The highest BCUT2D eigenvalue weighted by Crippen LogP contribution is 2.24. The molecule has 0 aliphatic carbocycles. The third-order valence-electron chi connectivity index (χ3n) is 3.77. The zero-order valence-corrected chi connectivity index (χ0v) is 11.7. The van der Waals surface area contributed by atoms with Gasteiger partial charge >= 0.3 is 0 Å². The molecule has 1 N–H and O–H groups in total. The van der Waals surface area contributed by atoms with Crippen LogP contribution in [0.1, 0.15) is 32.3 Å². The summed E-state index contributed by atoms with van der Waals surface area (Å²) in [5.41, 5.74) is 1.33. The minimum Gasteiger partial charge on any atom is -0.378 e. The monoisotopic (exact) mass is 251 g/mol. The van der Waals surface area contributed by atoms with E-state index in [-0.39, 0.29) is 0 Å². The van der Waals surface area contributed by atoms with Crippen molar-refractivity contribution in [3.8, 4) is 0 Å². The molecule has 0 aromatic carbocycles. The van der Waals surface area contributed by atoms with E-state index in [0.717, 1.165) is 19.6 Å². The molecule has 1 aliphatic rings. The first-order chi connectivity index (χ1) is 8.69. The Labute approximate surface area is 110 Å². The summed E-state index contributed by atoms with van der Waals surface area (Å²) in [5.74, 6) is 0.664. The highest BCUT2D eigenvalue weighted by Gasteiger charge is 2.28. The van der Waals surface area contributed by atoms with Crippen LogP contribution in [0.3, 0.4) is 0 Å². The summed E-state index contributed by atoms with van der Waals surface area (Å²) in [6.45, 7) is 6.29. The van der Waals surface area contributed by atoms with Gasteiger partial charge in [0.1, 0.15) is 0 Å². The number of rotatable bonds is 6. The number of hydrogen-bond donors (Lipinski definition) is 1. The van der Waals surface area contributed by atoms with Crippen molar-refractivity contribution in [1.29, 1.82) is 0 Å². The maximum Gasteiger partial charge on any atom is 0.0551 e. The van der Waals surface area contributed by atoms with Gasteiger partial charge < -0.3 is 10.1 Å². The highest BCUT2D eigenvalue weighted by atomic mass is 16.5. The maximum atomic E-state index is 5.69. The SMILES string of the molecule is CCNC(CCc1cnn(C)c1)C1COC(C)C1. The molecule has 0 spiro atoms. The molecule has 0 radical (unpaired) electrons. The average molecular weight is 251 g/mol. The van der Waals surface area contributed by atoms with Crippen molar-refractivity contribution in [3.63, 3.8) is 0 Å². The fourth-order valence-electron chi connectivity index (χ4n) is 2.82. The largest absolute Gasteiger partial charge is 0.378 e. The Balaban J connectivity index is 1.86. The summed E-state index contributed by atoms with van der Waals surface area (Å²) in [5, 5.41) is 7.84. The lowest BCUT2D eigenvalue weighted by molar-refractivity contribution is 0.116. The van der Waals surface area contributed by atoms with Gasteiger partial charge in [-0.3, -0.25) is 4.68 Å². The van der Waals surface area contributed by atoms with E-state index in [1.54, 1.807) is 0 Å². The Morgan fingerprint density at radius 1 is 1.61 bits per heavy atom. The number of nitrogens with zero attached hydrogens (tertiary/aromatic N) is 2. The van der Waals surface area contributed by atoms with E-state index in [4.69, 9.17) is 4.74 Å². The quantitative estimate of drug-likeness (QED) is 0.837. The average Bonchev–Trinajstić information content (AvgIpc) is 2.94. The normalized spacial score (nSPS) is 25.5. The standard InChI is InChI=1S/C14H25N3O/c1-4-15-14(13-7-11(2)18-10-13)6-5-12-8-16-17(3)9-12/h8-9,11,13-15H,4-7,10H2,1-3H3. The van der Waals surface area contributed by atoms with Gasteiger partial charge in [-0.1, -0.05) is 6.92 Å². The van der Waals surface area contributed by atoms with E-state index < -0.39 is 0 Å². The van der Waals surface area contributed by atoms with Crippen LogP contribution in [0.25, 0.3) is 0 Å². The molecule has 2 heterocycles. The molecule has 1 aromatic rings. The Hall–Kier alpha value is -0.870. The molecule has 0 saturated carbocycles. The molecule has 2 rings (SSSR count). The lowest BCUT2D eigenvalue weighted by atomic mass is 9.92. The molecular weight excluding hydrogens is 226 g/mol. The first-order valence-electron chi connectivity index (χ1n) is 7.01. The summed E-state index contributed by atoms with van der Waals surface area (Å²) in [7, 11) is 1.97. The van der Waals surface area contributed by atoms with E-state index in [2.05, 4.69) is 30.5 Å². The topological polar surface area (TPSA) is 39.1 Å². The minimum absolute atomic E-state index is 0.426. The van der Waals surface area contributed by atoms with Crippen molar-refractivity contribution in [2.45, 2.75) is 45.3 Å². The van der Waals surface area contributed by atoms with E-state index in [9.17, 15) is 0 Å². The predicted octanol–water partition coefficient (Wildman–Crippen LogP) is 1.76. The lowest BCUT2D eigenvalue weighted by Crippen LogP contribution is -2.37. The highest BCUT2D eigenvalue weighted by molar-refractivity contribution is 5.04. The summed E-state index contributed by atoms with van der Waals surface area (Å²) < 4.78 is 7.57. The van der Waals surface area contributed by atoms with Crippen LogP contribution < -0.4 is 5.32 Å². The van der Waals surface area contributed by atoms with Gasteiger partial charge in [0, 0.05) is 25.2 Å². The van der Waals surface area contributed by atoms with Crippen LogP contribution in [0.4, 0.5) is 0 Å². The third kappa shape index (κ3) is 3.56. The van der Waals surface area contributed by atoms with Gasteiger partial charge in [0.05, 0.1) is 18.9 Å². The van der Waals surface area contributed by atoms with Crippen LogP contribution in [-0.4, -0.2) is 35.1 Å². The number of aryl methyl sites for hydroxylation is 2. The molecular formula is C14H25N3O. The van der Waals surface area contributed by atoms with Crippen molar-refractivity contribution >= 4 is 0 Å². The molecule has 3 atom stereocenters. The van der Waals surface area contributed by atoms with Gasteiger partial charge in [-0.05, 0) is 38.3 Å². The van der Waals surface area contributed by atoms with Crippen LogP contribution in [0, 0.1) is 5.92 Å². The third-order valence-corrected chi connectivity index (χ3v) is 3.77. The van der Waals surface area contributed by atoms with Gasteiger partial charge in [-0.2, -0.15) is 5.10 Å². The zero-order chi connectivity index (χ0) is 13.0. The van der Waals surface area contributed by atoms with Gasteiger partial charge in [-0.15, -0.1) is 0 Å². The smallest absolute Gasteiger partial charge is 0.0551 e. The second-order valence-corrected chi connectivity index (χ2v) is 5.36. The van der Waals surface area contributed by atoms with Gasteiger partial charge in [0.2, 0.25) is 0 Å². The van der Waals surface area contributed by atoms with E-state index in [0.29, 0.717) is 18.1 Å². The van der Waals surface area contributed by atoms with Crippen molar-refractivity contribution in [2.24, 2.45) is 13.0 Å². The molecule has 4 heteroatoms. The molecule has 1 fully saturated rings. The molecule has 102 valence electrons. The Morgan fingerprint density at radius 3 is 3.00 bits per heavy atom. The number of ether oxygens (including phenoxy) is 1. The summed E-state index contributed by atoms with van der Waals surface area (Å²) in [6, 6.07) is 0.570. The Kier molecular flexibility index (Phi) is 4.78. The predicted molar refractivity (Wildman–Crippen MR) is 72.5 cm³/mol. The Bertz CT molecular complexity index is 364. The fourth-order valence-corrected chi connectivity index (χ4v) is 2.82. The van der Waals surface area contributed by atoms with Gasteiger partial charge in [0.15, 0.2) is 0 Å². The first-order valence-corrected chi connectivity index (χ1v) is 7.01. The molecule has 1 aliphatic heterocycles.